The zero-order chi connectivity index (χ0) is 15.4. The van der Waals surface area contributed by atoms with Crippen LogP contribution in [0.1, 0.15) is 38.5 Å². The molecule has 0 radical (unpaired) electrons. The topological polar surface area (TPSA) is 121 Å². The van der Waals surface area contributed by atoms with Crippen LogP contribution in [0.5, 0.6) is 0 Å². The molecule has 0 spiro atoms. The van der Waals surface area contributed by atoms with Gasteiger partial charge >= 0.3 is 23.9 Å². The Balaban J connectivity index is 3.85. The Hall–Kier alpha value is -2.38. The molecule has 0 rings (SSSR count). The summed E-state index contributed by atoms with van der Waals surface area (Å²) in [6.45, 7) is 0. The van der Waals surface area contributed by atoms with Gasteiger partial charge in [-0.1, -0.05) is 0 Å². The molecule has 8 heteroatoms. The van der Waals surface area contributed by atoms with Crippen LogP contribution in [0.15, 0.2) is 0 Å². The van der Waals surface area contributed by atoms with E-state index < -0.39 is 36.7 Å². The number of hydrogen-bond donors (Lipinski definition) is 0. The van der Waals surface area contributed by atoms with E-state index in [4.69, 9.17) is 0 Å². The molecule has 0 fully saturated rings. The van der Waals surface area contributed by atoms with E-state index in [2.05, 4.69) is 9.47 Å². The molecule has 0 heterocycles. The number of rotatable bonds is 9. The van der Waals surface area contributed by atoms with Crippen LogP contribution in [0, 0.1) is 0 Å². The third-order valence-corrected chi connectivity index (χ3v) is 1.92. The maximum Gasteiger partial charge on any atom is 0.314 e. The first kappa shape index (κ1) is 17.6. The van der Waals surface area contributed by atoms with Gasteiger partial charge in [0.1, 0.15) is 12.6 Å². The van der Waals surface area contributed by atoms with Crippen molar-refractivity contribution in [2.45, 2.75) is 38.5 Å². The highest BCUT2D eigenvalue weighted by molar-refractivity contribution is 5.90. The third-order valence-electron chi connectivity index (χ3n) is 1.92. The molecule has 8 nitrogen and oxygen atoms in total. The first-order valence-corrected chi connectivity index (χ1v) is 5.84. The highest BCUT2D eigenvalue weighted by Gasteiger charge is 2.15. The van der Waals surface area contributed by atoms with Gasteiger partial charge in [-0.3, -0.25) is 19.2 Å². The second-order valence-corrected chi connectivity index (χ2v) is 3.60. The molecule has 0 atom stereocenters. The van der Waals surface area contributed by atoms with Gasteiger partial charge in [-0.05, 0) is 0 Å². The second-order valence-electron chi connectivity index (χ2n) is 3.60. The van der Waals surface area contributed by atoms with E-state index in [1.807, 2.05) is 0 Å². The highest BCUT2D eigenvalue weighted by Crippen LogP contribution is 2.00. The number of carbonyl (C=O) groups excluding carboxylic acids is 6. The van der Waals surface area contributed by atoms with Crippen LogP contribution in [0.3, 0.4) is 0 Å². The van der Waals surface area contributed by atoms with Gasteiger partial charge in [-0.15, -0.1) is 0 Å². The smallest absolute Gasteiger partial charge is 0.314 e. The normalized spacial score (nSPS) is 9.40. The van der Waals surface area contributed by atoms with Crippen molar-refractivity contribution in [1.29, 1.82) is 0 Å². The van der Waals surface area contributed by atoms with Gasteiger partial charge in [0.2, 0.25) is 0 Å². The van der Waals surface area contributed by atoms with E-state index in [0.29, 0.717) is 12.6 Å². The molecule has 110 valence electrons. The average Bonchev–Trinajstić information content (AvgIpc) is 2.40. The Morgan fingerprint density at radius 1 is 0.600 bits per heavy atom. The highest BCUT2D eigenvalue weighted by atomic mass is 16.6. The van der Waals surface area contributed by atoms with Gasteiger partial charge in [-0.2, -0.15) is 0 Å². The van der Waals surface area contributed by atoms with Crippen LogP contribution in [0.4, 0.5) is 0 Å². The average molecular weight is 286 g/mol. The summed E-state index contributed by atoms with van der Waals surface area (Å²) in [5.41, 5.74) is 0. The van der Waals surface area contributed by atoms with Crippen molar-refractivity contribution < 1.29 is 38.2 Å². The van der Waals surface area contributed by atoms with E-state index in [9.17, 15) is 28.8 Å². The lowest BCUT2D eigenvalue weighted by Gasteiger charge is -2.02. The molecule has 0 saturated carbocycles. The molecule has 0 amide bonds. The number of hydrogen-bond acceptors (Lipinski definition) is 8. The monoisotopic (exact) mass is 286 g/mol. The number of carbonyl (C=O) groups is 6. The number of aldehydes is 2. The van der Waals surface area contributed by atoms with Gasteiger partial charge in [0.05, 0.1) is 25.7 Å². The van der Waals surface area contributed by atoms with Crippen LogP contribution in [-0.4, -0.2) is 36.4 Å². The summed E-state index contributed by atoms with van der Waals surface area (Å²) in [5, 5.41) is 0. The van der Waals surface area contributed by atoms with Crippen molar-refractivity contribution in [3.8, 4) is 0 Å². The van der Waals surface area contributed by atoms with Gasteiger partial charge < -0.3 is 19.1 Å². The molecule has 0 unspecified atom stereocenters. The lowest BCUT2D eigenvalue weighted by Crippen LogP contribution is -2.16. The maximum atomic E-state index is 11.1. The molecule has 0 aromatic heterocycles. The Labute approximate surface area is 114 Å². The van der Waals surface area contributed by atoms with Crippen molar-refractivity contribution >= 4 is 36.4 Å². The van der Waals surface area contributed by atoms with Crippen LogP contribution in [-0.2, 0) is 38.2 Å². The van der Waals surface area contributed by atoms with Gasteiger partial charge in [-0.25, -0.2) is 0 Å². The maximum absolute atomic E-state index is 11.1. The van der Waals surface area contributed by atoms with Gasteiger partial charge in [0.15, 0.2) is 0 Å². The summed E-state index contributed by atoms with van der Waals surface area (Å²) in [6.07, 6.45) is -0.381. The largest absolute Gasteiger partial charge is 0.393 e. The lowest BCUT2D eigenvalue weighted by molar-refractivity contribution is -0.165. The van der Waals surface area contributed by atoms with Crippen molar-refractivity contribution in [2.24, 2.45) is 0 Å². The zero-order valence-corrected chi connectivity index (χ0v) is 10.7. The fourth-order valence-electron chi connectivity index (χ4n) is 1.02. The van der Waals surface area contributed by atoms with Crippen LogP contribution < -0.4 is 0 Å². The zero-order valence-electron chi connectivity index (χ0n) is 10.7. The third kappa shape index (κ3) is 9.63. The fourth-order valence-corrected chi connectivity index (χ4v) is 1.02. The SMILES string of the molecule is O=CCCC(=O)OC(=O)CCC(=O)OC(=O)CCC=O. The first-order valence-electron chi connectivity index (χ1n) is 5.84. The van der Waals surface area contributed by atoms with E-state index in [0.717, 1.165) is 0 Å². The Kier molecular flexibility index (Phi) is 9.28. The number of ether oxygens (including phenoxy) is 2. The fraction of sp³-hybridized carbons (Fsp3) is 0.500. The number of esters is 4. The molecule has 0 N–H and O–H groups in total. The summed E-state index contributed by atoms with van der Waals surface area (Å²) in [7, 11) is 0. The minimum Gasteiger partial charge on any atom is -0.393 e. The Morgan fingerprint density at radius 2 is 0.900 bits per heavy atom. The summed E-state index contributed by atoms with van der Waals surface area (Å²) in [5.74, 6) is -3.62. The Morgan fingerprint density at radius 3 is 1.20 bits per heavy atom. The molecule has 0 aromatic rings. The minimum atomic E-state index is -0.946. The molecule has 0 bridgehead atoms. The molecule has 20 heavy (non-hydrogen) atoms. The van der Waals surface area contributed by atoms with Crippen molar-refractivity contribution in [2.75, 3.05) is 0 Å². The molecule has 0 aliphatic heterocycles. The van der Waals surface area contributed by atoms with Crippen LogP contribution in [0.2, 0.25) is 0 Å². The van der Waals surface area contributed by atoms with Crippen molar-refractivity contribution in [3.05, 3.63) is 0 Å². The first-order chi connectivity index (χ1) is 9.49. The summed E-state index contributed by atoms with van der Waals surface area (Å²) < 4.78 is 8.59. The molecule has 0 aliphatic rings. The minimum absolute atomic E-state index is 0.0562. The predicted octanol–water partition coefficient (Wildman–Crippen LogP) is -0.136. The molecular formula is C12H14O8. The van der Waals surface area contributed by atoms with Crippen molar-refractivity contribution in [1.82, 2.24) is 0 Å². The predicted molar refractivity (Wildman–Crippen MR) is 62.0 cm³/mol. The standard InChI is InChI=1S/C12H14O8/c13-7-1-3-9(15)19-11(17)5-6-12(18)20-10(16)4-2-8-14/h7-8H,1-6H2. The molecule has 0 saturated heterocycles. The second kappa shape index (κ2) is 10.5. The van der Waals surface area contributed by atoms with E-state index >= 15 is 0 Å². The van der Waals surface area contributed by atoms with E-state index in [1.165, 1.54) is 0 Å². The lowest BCUT2D eigenvalue weighted by atomic mass is 10.3. The summed E-state index contributed by atoms with van der Waals surface area (Å²) >= 11 is 0. The van der Waals surface area contributed by atoms with Crippen LogP contribution >= 0.6 is 0 Å². The van der Waals surface area contributed by atoms with Gasteiger partial charge in [0, 0.05) is 12.8 Å². The van der Waals surface area contributed by atoms with Crippen LogP contribution in [0.25, 0.3) is 0 Å². The summed E-state index contributed by atoms with van der Waals surface area (Å²) in [6, 6.07) is 0. The van der Waals surface area contributed by atoms with E-state index in [-0.39, 0.29) is 25.7 Å². The molecule has 0 aliphatic carbocycles. The summed E-state index contributed by atoms with van der Waals surface area (Å²) in [4.78, 5) is 64.1. The Bertz CT molecular complexity index is 360. The molecule has 0 aromatic carbocycles. The van der Waals surface area contributed by atoms with Crippen molar-refractivity contribution in [3.63, 3.8) is 0 Å². The van der Waals surface area contributed by atoms with E-state index in [1.54, 1.807) is 0 Å². The quantitative estimate of drug-likeness (QED) is 0.326. The van der Waals surface area contributed by atoms with Gasteiger partial charge in [0.25, 0.3) is 0 Å². The molecular weight excluding hydrogens is 272 g/mol.